The van der Waals surface area contributed by atoms with Gasteiger partial charge in [-0.2, -0.15) is 0 Å². The van der Waals surface area contributed by atoms with Crippen LogP contribution in [0, 0.1) is 0 Å². The van der Waals surface area contributed by atoms with Crippen LogP contribution >= 0.6 is 7.91 Å². The van der Waals surface area contributed by atoms with Crippen LogP contribution in [0.15, 0.2) is 0 Å². The van der Waals surface area contributed by atoms with Gasteiger partial charge in [-0.3, -0.25) is 19.2 Å². The molecular weight excluding hydrogens is 239 g/mol. The van der Waals surface area contributed by atoms with Crippen LogP contribution in [0.1, 0.15) is 0 Å². The van der Waals surface area contributed by atoms with Gasteiger partial charge in [-0.05, 0) is 0 Å². The Morgan fingerprint density at radius 3 is 1.20 bits per heavy atom. The molecule has 58 valence electrons. The van der Waals surface area contributed by atoms with Gasteiger partial charge >= 0.3 is 120 Å². The molecule has 0 aliphatic heterocycles. The van der Waals surface area contributed by atoms with Crippen molar-refractivity contribution in [2.45, 2.75) is 0 Å². The van der Waals surface area contributed by atoms with Gasteiger partial charge in [0, 0.05) is 0 Å². The zero-order valence-electron chi connectivity index (χ0n) is 2.94. The Labute approximate surface area is 144 Å². The van der Waals surface area contributed by atoms with E-state index >= 15 is 0 Å². The Hall–Kier alpha value is 3.60. The van der Waals surface area contributed by atoms with Crippen molar-refractivity contribution in [2.75, 3.05) is 0 Å². The monoisotopic (exact) mass is 248 g/mol. The van der Waals surface area contributed by atoms with Crippen molar-refractivity contribution in [1.29, 1.82) is 0 Å². The standard InChI is InChI=1S/Ca.FH2O3P.2FH.K.Mg.5H/c;1-5(2,3)4;;;;;;;;;/h;(H2,2,3,4);2*1H;;;;;;;. The molecule has 10 heavy (non-hydrogen) atoms. The fourth-order valence-electron chi connectivity index (χ4n) is 0. The van der Waals surface area contributed by atoms with Gasteiger partial charge in [0.25, 0.3) is 0 Å². The molecule has 0 bridgehead atoms. The predicted molar refractivity (Wildman–Crippen MR) is 42.4 cm³/mol. The average molecular weight is 249 g/mol. The summed E-state index contributed by atoms with van der Waals surface area (Å²) in [4.78, 5) is 13.9. The summed E-state index contributed by atoms with van der Waals surface area (Å²) in [6.45, 7) is 0. The molecule has 10 heteroatoms. The van der Waals surface area contributed by atoms with Crippen molar-refractivity contribution < 1.29 is 28.0 Å². The minimum atomic E-state index is -5.14. The van der Waals surface area contributed by atoms with Crippen LogP contribution in [0.5, 0.6) is 0 Å². The maximum atomic E-state index is 10.4. The van der Waals surface area contributed by atoms with E-state index in [0.29, 0.717) is 0 Å². The summed E-state index contributed by atoms with van der Waals surface area (Å²) in [5.74, 6) is 0. The van der Waals surface area contributed by atoms with Crippen LogP contribution in [0.3, 0.4) is 0 Å². The Kier molecular flexibility index (Phi) is 68.8. The molecule has 0 aliphatic rings. The SMILES string of the molecule is F.F.O=P(O)(O)F.[CaH2].[KH].[MgH2]. The molecule has 0 atom stereocenters. The van der Waals surface area contributed by atoms with E-state index in [1.54, 1.807) is 0 Å². The maximum Gasteiger partial charge on any atom is 0.316 e. The number of hydrogen-bond donors (Lipinski definition) is 2. The van der Waals surface area contributed by atoms with Crippen LogP contribution in [0.2, 0.25) is 0 Å². The maximum absolute atomic E-state index is 10.4. The molecule has 0 fully saturated rings. The van der Waals surface area contributed by atoms with E-state index in [4.69, 9.17) is 14.4 Å². The summed E-state index contributed by atoms with van der Waals surface area (Å²) >= 11 is 0. The molecule has 0 rings (SSSR count). The molecule has 0 heterocycles. The summed E-state index contributed by atoms with van der Waals surface area (Å²) < 4.78 is 19.0. The van der Waals surface area contributed by atoms with Gasteiger partial charge in [0.1, 0.15) is 0 Å². The predicted octanol–water partition coefficient (Wildman–Crippen LogP) is -2.13. The van der Waals surface area contributed by atoms with E-state index in [-0.39, 0.29) is 122 Å². The molecule has 0 unspecified atom stereocenters. The van der Waals surface area contributed by atoms with Gasteiger partial charge in [0.15, 0.2) is 0 Å². The van der Waals surface area contributed by atoms with Gasteiger partial charge in [-0.1, -0.05) is 0 Å². The molecule has 0 saturated carbocycles. The third-order valence-electron chi connectivity index (χ3n) is 0. The van der Waals surface area contributed by atoms with Crippen molar-refractivity contribution in [1.82, 2.24) is 0 Å². The van der Waals surface area contributed by atoms with Crippen LogP contribution in [0.4, 0.5) is 13.6 Å². The van der Waals surface area contributed by atoms with E-state index < -0.39 is 7.91 Å². The Bertz CT molecular complexity index is 69.9. The summed E-state index contributed by atoms with van der Waals surface area (Å²) in [6.07, 6.45) is 0. The third-order valence-corrected chi connectivity index (χ3v) is 0. The largest absolute Gasteiger partial charge is 0.316 e. The van der Waals surface area contributed by atoms with Crippen molar-refractivity contribution in [3.8, 4) is 0 Å². The minimum absolute atomic E-state index is 0. The average Bonchev–Trinajstić information content (AvgIpc) is 0.722. The summed E-state index contributed by atoms with van der Waals surface area (Å²) in [7, 11) is -5.14. The Morgan fingerprint density at radius 1 is 1.20 bits per heavy atom. The second-order valence-electron chi connectivity index (χ2n) is 0.473. The van der Waals surface area contributed by atoms with Crippen molar-refractivity contribution in [3.63, 3.8) is 0 Å². The molecule has 3 nitrogen and oxygen atoms in total. The second kappa shape index (κ2) is 18.4. The second-order valence-corrected chi connectivity index (χ2v) is 1.42. The fraction of sp³-hybridized carbons (Fsp3) is 0. The van der Waals surface area contributed by atoms with Gasteiger partial charge in [-0.15, -0.1) is 4.20 Å². The van der Waals surface area contributed by atoms with Gasteiger partial charge in [0.05, 0.1) is 0 Å². The van der Waals surface area contributed by atoms with E-state index in [1.807, 2.05) is 0 Å². The molecule has 0 aromatic heterocycles. The molecular formula is H9CaF3KMgO3P. The first-order chi connectivity index (χ1) is 2.00. The van der Waals surface area contributed by atoms with Gasteiger partial charge in [-0.25, -0.2) is 4.57 Å². The molecule has 2 N–H and O–H groups in total. The Morgan fingerprint density at radius 2 is 1.20 bits per heavy atom. The quantitative estimate of drug-likeness (QED) is 0.380. The van der Waals surface area contributed by atoms with E-state index in [0.717, 1.165) is 0 Å². The van der Waals surface area contributed by atoms with Crippen molar-refractivity contribution >= 4 is 120 Å². The normalized spacial score (nSPS) is 5.90. The topological polar surface area (TPSA) is 57.5 Å². The van der Waals surface area contributed by atoms with Crippen molar-refractivity contribution in [3.05, 3.63) is 0 Å². The first-order valence-electron chi connectivity index (χ1n) is 0.752. The molecule has 0 spiro atoms. The Balaban J connectivity index is -0.00000000800. The van der Waals surface area contributed by atoms with Crippen LogP contribution < -0.4 is 0 Å². The number of hydrogen-bond acceptors (Lipinski definition) is 1. The molecule has 0 aromatic rings. The molecule has 0 amide bonds. The smallest absolute Gasteiger partial charge is 0.316 e. The van der Waals surface area contributed by atoms with Gasteiger partial charge < -0.3 is 0 Å². The minimum Gasteiger partial charge on any atom is 0.316 e. The first kappa shape index (κ1) is 37.4. The zero-order valence-corrected chi connectivity index (χ0v) is 3.84. The van der Waals surface area contributed by atoms with E-state index in [2.05, 4.69) is 0 Å². The van der Waals surface area contributed by atoms with E-state index in [9.17, 15) is 4.20 Å². The number of halogens is 3. The molecule has 0 saturated heterocycles. The van der Waals surface area contributed by atoms with E-state index in [1.165, 1.54) is 0 Å². The van der Waals surface area contributed by atoms with Gasteiger partial charge in [0.2, 0.25) is 0 Å². The van der Waals surface area contributed by atoms with Crippen LogP contribution in [0.25, 0.3) is 0 Å². The third kappa shape index (κ3) is 101. The zero-order chi connectivity index (χ0) is 4.50. The summed E-state index contributed by atoms with van der Waals surface area (Å²) in [5.41, 5.74) is 0. The molecule has 0 aromatic carbocycles. The first-order valence-corrected chi connectivity index (χ1v) is 2.25. The number of rotatable bonds is 0. The van der Waals surface area contributed by atoms with Crippen LogP contribution in [-0.4, -0.2) is 122 Å². The summed E-state index contributed by atoms with van der Waals surface area (Å²) in [5, 5.41) is 0. The van der Waals surface area contributed by atoms with Crippen LogP contribution in [-0.2, 0) is 4.57 Å². The fourth-order valence-corrected chi connectivity index (χ4v) is 0. The molecule has 0 radical (unpaired) electrons. The molecule has 0 aliphatic carbocycles. The summed E-state index contributed by atoms with van der Waals surface area (Å²) in [6, 6.07) is 0. The van der Waals surface area contributed by atoms with Crippen molar-refractivity contribution in [2.24, 2.45) is 0 Å².